The van der Waals surface area contributed by atoms with Crippen molar-refractivity contribution < 1.29 is 34.5 Å². The topological polar surface area (TPSA) is 220 Å². The minimum Gasteiger partial charge on any atom is -0.480 e. The van der Waals surface area contributed by atoms with E-state index in [1.807, 2.05) is 0 Å². The van der Waals surface area contributed by atoms with Gasteiger partial charge in [-0.3, -0.25) is 14.4 Å². The van der Waals surface area contributed by atoms with Gasteiger partial charge in [-0.05, 0) is 19.8 Å². The van der Waals surface area contributed by atoms with Crippen molar-refractivity contribution in [3.05, 3.63) is 18.2 Å². The van der Waals surface area contributed by atoms with Gasteiger partial charge in [0.1, 0.15) is 12.1 Å². The molecule has 0 aromatic carbocycles. The number of nitrogens with one attached hydrogen (secondary N) is 4. The molecule has 9 N–H and O–H groups in total. The van der Waals surface area contributed by atoms with Crippen LogP contribution in [0.25, 0.3) is 0 Å². The van der Waals surface area contributed by atoms with Gasteiger partial charge in [-0.15, -0.1) is 0 Å². The van der Waals surface area contributed by atoms with Crippen LogP contribution in [-0.4, -0.2) is 85.4 Å². The van der Waals surface area contributed by atoms with Gasteiger partial charge in [0.15, 0.2) is 6.04 Å². The van der Waals surface area contributed by atoms with Crippen molar-refractivity contribution in [1.82, 2.24) is 25.9 Å². The molecule has 0 aliphatic heterocycles. The Labute approximate surface area is 191 Å². The highest BCUT2D eigenvalue weighted by Crippen LogP contribution is 2.10. The molecule has 0 aliphatic rings. The van der Waals surface area contributed by atoms with E-state index < -0.39 is 66.0 Å². The van der Waals surface area contributed by atoms with Crippen LogP contribution < -0.4 is 21.7 Å². The van der Waals surface area contributed by atoms with Crippen molar-refractivity contribution in [2.24, 2.45) is 11.7 Å². The zero-order chi connectivity index (χ0) is 25.3. The first-order valence-electron chi connectivity index (χ1n) is 10.6. The summed E-state index contributed by atoms with van der Waals surface area (Å²) in [6.07, 6.45) is 0.801. The second-order valence-electron chi connectivity index (χ2n) is 8.05. The summed E-state index contributed by atoms with van der Waals surface area (Å²) in [5, 5.41) is 35.9. The van der Waals surface area contributed by atoms with E-state index in [9.17, 15) is 34.5 Å². The average Bonchev–Trinajstić information content (AvgIpc) is 3.25. The molecule has 7 atom stereocenters. The number of aromatic amines is 1. The third-order valence-corrected chi connectivity index (χ3v) is 5.23. The number of hydrogen-bond acceptors (Lipinski definition) is 8. The van der Waals surface area contributed by atoms with Gasteiger partial charge in [0.25, 0.3) is 0 Å². The first-order chi connectivity index (χ1) is 15.4. The standard InChI is InChI=1S/C20H34N6O7/c1-5-9(2)14(18(30)26-16(11(4)28)20(32)33)24-19(31)15(10(3)27)25-17(29)13(21)6-12-7-22-8-23-12/h7-11,13-16,27-28H,5-6,21H2,1-4H3,(H,22,23)(H,24,31)(H,25,29)(H,26,30)(H,32,33). The highest BCUT2D eigenvalue weighted by molar-refractivity contribution is 5.94. The second-order valence-corrected chi connectivity index (χ2v) is 8.05. The lowest BCUT2D eigenvalue weighted by Gasteiger charge is -2.29. The minimum atomic E-state index is -1.58. The second kappa shape index (κ2) is 12.9. The molecule has 186 valence electrons. The van der Waals surface area contributed by atoms with Crippen LogP contribution in [-0.2, 0) is 25.6 Å². The molecule has 7 unspecified atom stereocenters. The number of carboxylic acids is 1. The fraction of sp³-hybridized carbons (Fsp3) is 0.650. The Morgan fingerprint density at radius 2 is 1.48 bits per heavy atom. The van der Waals surface area contributed by atoms with Crippen molar-refractivity contribution >= 4 is 23.7 Å². The molecule has 3 amide bonds. The smallest absolute Gasteiger partial charge is 0.328 e. The van der Waals surface area contributed by atoms with Crippen LogP contribution in [0.1, 0.15) is 39.8 Å². The van der Waals surface area contributed by atoms with Crippen molar-refractivity contribution in [2.75, 3.05) is 0 Å². The summed E-state index contributed by atoms with van der Waals surface area (Å²) in [4.78, 5) is 56.0. The van der Waals surface area contributed by atoms with Crippen LogP contribution >= 0.6 is 0 Å². The molecule has 0 aliphatic carbocycles. The Kier molecular flexibility index (Phi) is 10.9. The number of aliphatic hydroxyl groups is 2. The van der Waals surface area contributed by atoms with E-state index in [1.54, 1.807) is 13.8 Å². The van der Waals surface area contributed by atoms with E-state index in [0.717, 1.165) is 0 Å². The van der Waals surface area contributed by atoms with Crippen molar-refractivity contribution in [1.29, 1.82) is 0 Å². The van der Waals surface area contributed by atoms with Crippen LogP contribution in [0.2, 0.25) is 0 Å². The van der Waals surface area contributed by atoms with E-state index in [-0.39, 0.29) is 6.42 Å². The SMILES string of the molecule is CCC(C)C(NC(=O)C(NC(=O)C(N)Cc1cnc[nH]1)C(C)O)C(=O)NC(C(=O)O)C(C)O. The number of aliphatic hydroxyl groups excluding tert-OH is 2. The van der Waals surface area contributed by atoms with Crippen molar-refractivity contribution in [3.8, 4) is 0 Å². The van der Waals surface area contributed by atoms with Crippen LogP contribution in [0.4, 0.5) is 0 Å². The molecule has 13 nitrogen and oxygen atoms in total. The molecule has 0 saturated heterocycles. The molecule has 0 fully saturated rings. The van der Waals surface area contributed by atoms with Gasteiger partial charge in [0, 0.05) is 18.3 Å². The predicted octanol–water partition coefficient (Wildman–Crippen LogP) is -2.37. The summed E-state index contributed by atoms with van der Waals surface area (Å²) in [5.74, 6) is -4.23. The van der Waals surface area contributed by atoms with E-state index in [4.69, 9.17) is 5.73 Å². The fourth-order valence-corrected chi connectivity index (χ4v) is 2.97. The quantitative estimate of drug-likeness (QED) is 0.154. The normalized spacial score (nSPS) is 17.5. The first kappa shape index (κ1) is 28.0. The summed E-state index contributed by atoms with van der Waals surface area (Å²) in [6, 6.07) is -5.21. The Bertz CT molecular complexity index is 799. The number of carbonyl (C=O) groups is 4. The zero-order valence-corrected chi connectivity index (χ0v) is 19.1. The first-order valence-corrected chi connectivity index (χ1v) is 10.6. The van der Waals surface area contributed by atoms with E-state index >= 15 is 0 Å². The number of H-pyrrole nitrogens is 1. The molecule has 0 bridgehead atoms. The third kappa shape index (κ3) is 8.44. The number of rotatable bonds is 13. The lowest BCUT2D eigenvalue weighted by atomic mass is 9.96. The van der Waals surface area contributed by atoms with Crippen molar-refractivity contribution in [3.63, 3.8) is 0 Å². The maximum absolute atomic E-state index is 12.9. The molecule has 33 heavy (non-hydrogen) atoms. The predicted molar refractivity (Wildman–Crippen MR) is 117 cm³/mol. The lowest BCUT2D eigenvalue weighted by Crippen LogP contribution is -2.61. The number of aromatic nitrogens is 2. The summed E-state index contributed by atoms with van der Waals surface area (Å²) in [5.41, 5.74) is 6.48. The molecule has 0 radical (unpaired) electrons. The lowest BCUT2D eigenvalue weighted by molar-refractivity contribution is -0.145. The van der Waals surface area contributed by atoms with Crippen LogP contribution in [0.3, 0.4) is 0 Å². The van der Waals surface area contributed by atoms with E-state index in [0.29, 0.717) is 12.1 Å². The Morgan fingerprint density at radius 1 is 0.970 bits per heavy atom. The van der Waals surface area contributed by atoms with Gasteiger partial charge in [-0.2, -0.15) is 0 Å². The van der Waals surface area contributed by atoms with Gasteiger partial charge in [-0.1, -0.05) is 20.3 Å². The molecule has 0 saturated carbocycles. The number of amides is 3. The van der Waals surface area contributed by atoms with Crippen LogP contribution in [0.15, 0.2) is 12.5 Å². The van der Waals surface area contributed by atoms with Gasteiger partial charge in [0.2, 0.25) is 17.7 Å². The van der Waals surface area contributed by atoms with Crippen LogP contribution in [0, 0.1) is 5.92 Å². The molecule has 1 aromatic rings. The van der Waals surface area contributed by atoms with Gasteiger partial charge < -0.3 is 42.0 Å². The zero-order valence-electron chi connectivity index (χ0n) is 19.1. The number of carbonyl (C=O) groups excluding carboxylic acids is 3. The maximum Gasteiger partial charge on any atom is 0.328 e. The molecule has 1 aromatic heterocycles. The summed E-state index contributed by atoms with van der Waals surface area (Å²) >= 11 is 0. The van der Waals surface area contributed by atoms with Gasteiger partial charge in [0.05, 0.1) is 24.6 Å². The van der Waals surface area contributed by atoms with E-state index in [1.165, 1.54) is 26.4 Å². The highest BCUT2D eigenvalue weighted by Gasteiger charge is 2.35. The largest absolute Gasteiger partial charge is 0.480 e. The highest BCUT2D eigenvalue weighted by atomic mass is 16.4. The molecule has 13 heteroatoms. The average molecular weight is 471 g/mol. The molecular weight excluding hydrogens is 436 g/mol. The Hall–Kier alpha value is -3.03. The minimum absolute atomic E-state index is 0.119. The number of hydrogen-bond donors (Lipinski definition) is 8. The summed E-state index contributed by atoms with van der Waals surface area (Å²) in [6.45, 7) is 5.93. The fourth-order valence-electron chi connectivity index (χ4n) is 2.97. The van der Waals surface area contributed by atoms with Gasteiger partial charge in [-0.25, -0.2) is 9.78 Å². The van der Waals surface area contributed by atoms with Crippen molar-refractivity contribution in [2.45, 2.75) is 76.9 Å². The summed E-state index contributed by atoms with van der Waals surface area (Å²) in [7, 11) is 0. The monoisotopic (exact) mass is 470 g/mol. The number of carboxylic acid groups (broad SMARTS) is 1. The van der Waals surface area contributed by atoms with E-state index in [2.05, 4.69) is 25.9 Å². The number of imidazole rings is 1. The molecule has 1 rings (SSSR count). The number of nitrogens with two attached hydrogens (primary N) is 1. The molecular formula is C20H34N6O7. The number of aliphatic carboxylic acids is 1. The third-order valence-electron chi connectivity index (χ3n) is 5.23. The van der Waals surface area contributed by atoms with Crippen LogP contribution in [0.5, 0.6) is 0 Å². The Balaban J connectivity index is 2.93. The molecule has 0 spiro atoms. The molecule has 1 heterocycles. The Morgan fingerprint density at radius 3 is 1.94 bits per heavy atom. The van der Waals surface area contributed by atoms with Gasteiger partial charge >= 0.3 is 5.97 Å². The number of nitrogens with zero attached hydrogens (tertiary/aromatic N) is 1. The summed E-state index contributed by atoms with van der Waals surface area (Å²) < 4.78 is 0. The maximum atomic E-state index is 12.9.